The van der Waals surface area contributed by atoms with Crippen molar-refractivity contribution in [3.05, 3.63) is 57.6 Å². The summed E-state index contributed by atoms with van der Waals surface area (Å²) in [4.78, 5) is 54.6. The first kappa shape index (κ1) is 33.3. The number of carbonyl (C=O) groups excluding carboxylic acids is 4. The molecule has 2 aliphatic heterocycles. The zero-order valence-corrected chi connectivity index (χ0v) is 27.1. The van der Waals surface area contributed by atoms with Gasteiger partial charge in [-0.15, -0.1) is 0 Å². The van der Waals surface area contributed by atoms with Gasteiger partial charge in [-0.25, -0.2) is 17.5 Å². The predicted molar refractivity (Wildman–Crippen MR) is 162 cm³/mol. The Kier molecular flexibility index (Phi) is 10.0. The van der Waals surface area contributed by atoms with E-state index in [1.54, 1.807) is 39.0 Å². The molecule has 2 aromatic rings. The fourth-order valence-corrected chi connectivity index (χ4v) is 6.70. The Morgan fingerprint density at radius 1 is 1.00 bits per heavy atom. The van der Waals surface area contributed by atoms with Crippen LogP contribution in [-0.4, -0.2) is 98.3 Å². The summed E-state index contributed by atoms with van der Waals surface area (Å²) >= 11 is 12.5. The number of rotatable bonds is 6. The van der Waals surface area contributed by atoms with Crippen molar-refractivity contribution in [3.63, 3.8) is 0 Å². The molecular weight excluding hydrogens is 635 g/mol. The highest BCUT2D eigenvalue weighted by atomic mass is 35.5. The minimum Gasteiger partial charge on any atom is -0.496 e. The van der Waals surface area contributed by atoms with Crippen LogP contribution in [0.4, 0.5) is 4.79 Å². The maximum absolute atomic E-state index is 13.8. The van der Waals surface area contributed by atoms with Crippen LogP contribution in [0.5, 0.6) is 5.75 Å². The Balaban J connectivity index is 1.55. The van der Waals surface area contributed by atoms with E-state index in [2.05, 4.69) is 5.32 Å². The Labute approximate surface area is 266 Å². The van der Waals surface area contributed by atoms with Crippen LogP contribution in [-0.2, 0) is 30.8 Å². The van der Waals surface area contributed by atoms with E-state index in [1.165, 1.54) is 29.0 Å². The molecule has 0 spiro atoms. The van der Waals surface area contributed by atoms with Gasteiger partial charge < -0.3 is 24.6 Å². The molecule has 44 heavy (non-hydrogen) atoms. The molecule has 4 rings (SSSR count). The van der Waals surface area contributed by atoms with Crippen molar-refractivity contribution < 1.29 is 37.1 Å². The summed E-state index contributed by atoms with van der Waals surface area (Å²) in [7, 11) is -3.13. The van der Waals surface area contributed by atoms with Gasteiger partial charge in [0, 0.05) is 37.7 Å². The van der Waals surface area contributed by atoms with E-state index in [0.717, 1.165) is 6.07 Å². The molecule has 2 heterocycles. The molecule has 1 atom stereocenters. The number of piperazine rings is 1. The van der Waals surface area contributed by atoms with Crippen molar-refractivity contribution in [2.45, 2.75) is 37.7 Å². The molecule has 1 N–H and O–H groups in total. The van der Waals surface area contributed by atoms with E-state index < -0.39 is 51.9 Å². The molecule has 0 bridgehead atoms. The molecule has 1 unspecified atom stereocenters. The van der Waals surface area contributed by atoms with Gasteiger partial charge in [0.1, 0.15) is 17.9 Å². The van der Waals surface area contributed by atoms with E-state index >= 15 is 0 Å². The molecule has 2 aliphatic rings. The van der Waals surface area contributed by atoms with Gasteiger partial charge in [-0.05, 0) is 69.2 Å². The molecule has 0 radical (unpaired) electrons. The second-order valence-electron chi connectivity index (χ2n) is 11.4. The lowest BCUT2D eigenvalue weighted by Crippen LogP contribution is -2.51. The lowest BCUT2D eigenvalue weighted by molar-refractivity contribution is -0.131. The Bertz CT molecular complexity index is 1570. The number of nitrogens with zero attached hydrogens (tertiary/aromatic N) is 3. The van der Waals surface area contributed by atoms with Gasteiger partial charge in [0.2, 0.25) is 11.8 Å². The maximum atomic E-state index is 13.8. The minimum atomic E-state index is -4.59. The predicted octanol–water partition coefficient (Wildman–Crippen LogP) is 3.20. The lowest BCUT2D eigenvalue weighted by Gasteiger charge is -2.35. The van der Waals surface area contributed by atoms with Crippen LogP contribution in [0.1, 0.15) is 36.7 Å². The number of ether oxygens (including phenoxy) is 2. The number of benzene rings is 2. The van der Waals surface area contributed by atoms with Crippen molar-refractivity contribution in [1.29, 1.82) is 0 Å². The van der Waals surface area contributed by atoms with E-state index in [0.29, 0.717) is 20.6 Å². The van der Waals surface area contributed by atoms with Gasteiger partial charge in [0.25, 0.3) is 15.9 Å². The largest absolute Gasteiger partial charge is 0.496 e. The van der Waals surface area contributed by atoms with Crippen LogP contribution < -0.4 is 10.1 Å². The first-order valence-corrected chi connectivity index (χ1v) is 16.0. The molecule has 15 heteroatoms. The number of carbonyl (C=O) groups is 4. The van der Waals surface area contributed by atoms with Crippen LogP contribution in [0.3, 0.4) is 0 Å². The molecule has 0 saturated carbocycles. The maximum Gasteiger partial charge on any atom is 0.410 e. The number of halogens is 2. The van der Waals surface area contributed by atoms with E-state index in [9.17, 15) is 27.6 Å². The van der Waals surface area contributed by atoms with E-state index in [-0.39, 0.29) is 54.6 Å². The normalized spacial score (nSPS) is 18.0. The standard InChI is InChI=1S/C29H34Cl2N4O8S/c1-29(2,3)43-28(39)34-11-9-33(10-12-34)27(38)22-15-21(6-7-23(22)31)44(40,41)35-17-25(36)32-16-19(26(35)37)13-18-14-20(30)5-8-24(18)42-4/h5-8,14-15,19H,9-13,16-17H2,1-4H3,(H,32,36). The summed E-state index contributed by atoms with van der Waals surface area (Å²) in [5.74, 6) is -2.48. The van der Waals surface area contributed by atoms with Gasteiger partial charge in [0.15, 0.2) is 0 Å². The smallest absolute Gasteiger partial charge is 0.410 e. The molecule has 0 aromatic heterocycles. The fraction of sp³-hybridized carbons (Fsp3) is 0.448. The van der Waals surface area contributed by atoms with Gasteiger partial charge >= 0.3 is 6.09 Å². The number of hydrogen-bond acceptors (Lipinski definition) is 8. The van der Waals surface area contributed by atoms with Gasteiger partial charge in [0.05, 0.1) is 28.5 Å². The third-order valence-corrected chi connectivity index (χ3v) is 9.42. The number of amides is 4. The molecule has 238 valence electrons. The fourth-order valence-electron chi connectivity index (χ4n) is 4.87. The Hall–Kier alpha value is -3.55. The summed E-state index contributed by atoms with van der Waals surface area (Å²) in [5.41, 5.74) is -0.190. The molecular formula is C29H34Cl2N4O8S. The minimum absolute atomic E-state index is 0.00869. The van der Waals surface area contributed by atoms with Crippen LogP contribution in [0.15, 0.2) is 41.3 Å². The highest BCUT2D eigenvalue weighted by molar-refractivity contribution is 7.89. The van der Waals surface area contributed by atoms with Crippen molar-refractivity contribution in [2.75, 3.05) is 46.4 Å². The monoisotopic (exact) mass is 668 g/mol. The summed E-state index contributed by atoms with van der Waals surface area (Å²) in [6.45, 7) is 5.22. The van der Waals surface area contributed by atoms with Gasteiger partial charge in [-0.3, -0.25) is 14.4 Å². The molecule has 4 amide bonds. The summed E-state index contributed by atoms with van der Waals surface area (Å²) in [5, 5.41) is 3.01. The highest BCUT2D eigenvalue weighted by Crippen LogP contribution is 2.29. The third kappa shape index (κ3) is 7.56. The van der Waals surface area contributed by atoms with Crippen molar-refractivity contribution >= 4 is 57.0 Å². The molecule has 2 saturated heterocycles. The molecule has 12 nitrogen and oxygen atoms in total. The number of hydrogen-bond donors (Lipinski definition) is 1. The van der Waals surface area contributed by atoms with Crippen LogP contribution in [0, 0.1) is 5.92 Å². The second-order valence-corrected chi connectivity index (χ2v) is 14.1. The molecule has 2 fully saturated rings. The third-order valence-electron chi connectivity index (χ3n) is 7.11. The lowest BCUT2D eigenvalue weighted by atomic mass is 9.98. The SMILES string of the molecule is COc1ccc(Cl)cc1CC1CNC(=O)CN(S(=O)(=O)c2ccc(Cl)c(C(=O)N3CCN(C(=O)OC(C)(C)C)CC3)c2)C1=O. The number of sulfonamides is 1. The number of methoxy groups -OCH3 is 1. The van der Waals surface area contributed by atoms with Gasteiger partial charge in [-0.2, -0.15) is 0 Å². The van der Waals surface area contributed by atoms with Crippen molar-refractivity contribution in [1.82, 2.24) is 19.4 Å². The Morgan fingerprint density at radius 2 is 1.66 bits per heavy atom. The quantitative estimate of drug-likeness (QED) is 0.495. The van der Waals surface area contributed by atoms with Crippen LogP contribution in [0.25, 0.3) is 0 Å². The van der Waals surface area contributed by atoms with Gasteiger partial charge in [-0.1, -0.05) is 23.2 Å². The highest BCUT2D eigenvalue weighted by Gasteiger charge is 2.39. The summed E-state index contributed by atoms with van der Waals surface area (Å²) in [6.07, 6.45) is -0.442. The average molecular weight is 670 g/mol. The first-order valence-electron chi connectivity index (χ1n) is 13.8. The van der Waals surface area contributed by atoms with E-state index in [1.807, 2.05) is 0 Å². The zero-order chi connectivity index (χ0) is 32.4. The first-order chi connectivity index (χ1) is 20.6. The van der Waals surface area contributed by atoms with Crippen LogP contribution >= 0.6 is 23.2 Å². The van der Waals surface area contributed by atoms with E-state index in [4.69, 9.17) is 32.7 Å². The topological polar surface area (TPSA) is 143 Å². The molecule has 2 aromatic carbocycles. The second kappa shape index (κ2) is 13.2. The van der Waals surface area contributed by atoms with Crippen molar-refractivity contribution in [3.8, 4) is 5.75 Å². The average Bonchev–Trinajstić information content (AvgIpc) is 3.10. The number of nitrogens with one attached hydrogen (secondary N) is 1. The molecule has 0 aliphatic carbocycles. The van der Waals surface area contributed by atoms with Crippen molar-refractivity contribution in [2.24, 2.45) is 5.92 Å². The van der Waals surface area contributed by atoms with Crippen LogP contribution in [0.2, 0.25) is 10.0 Å². The summed E-state index contributed by atoms with van der Waals surface area (Å²) in [6, 6.07) is 8.41. The zero-order valence-electron chi connectivity index (χ0n) is 24.8. The Morgan fingerprint density at radius 3 is 2.30 bits per heavy atom. The summed E-state index contributed by atoms with van der Waals surface area (Å²) < 4.78 is 38.9.